The first-order chi connectivity index (χ1) is 17.8. The summed E-state index contributed by atoms with van der Waals surface area (Å²) in [6.45, 7) is 2.01. The zero-order valence-electron chi connectivity index (χ0n) is 19.9. The molecule has 1 N–H and O–H groups in total. The van der Waals surface area contributed by atoms with Crippen molar-refractivity contribution in [1.82, 2.24) is 9.97 Å². The Kier molecular flexibility index (Phi) is 6.94. The molecule has 37 heavy (non-hydrogen) atoms. The SMILES string of the molecule is CCc1cccc(NC(=O)CSc2ncc3c(n2)-c2ccccc2N(Cc2cccc(F)c2)S3(=O)=O)c1. The van der Waals surface area contributed by atoms with Gasteiger partial charge in [-0.1, -0.05) is 61.2 Å². The predicted molar refractivity (Wildman–Crippen MR) is 142 cm³/mol. The third kappa shape index (κ3) is 5.21. The van der Waals surface area contributed by atoms with E-state index in [2.05, 4.69) is 15.3 Å². The minimum Gasteiger partial charge on any atom is -0.325 e. The number of carbonyl (C=O) groups is 1. The highest BCUT2D eigenvalue weighted by Crippen LogP contribution is 2.42. The van der Waals surface area contributed by atoms with Crippen molar-refractivity contribution in [3.8, 4) is 11.3 Å². The summed E-state index contributed by atoms with van der Waals surface area (Å²) in [7, 11) is -4.01. The van der Waals surface area contributed by atoms with Crippen molar-refractivity contribution in [3.63, 3.8) is 0 Å². The monoisotopic (exact) mass is 534 g/mol. The first kappa shape index (κ1) is 24.9. The number of hydrogen-bond acceptors (Lipinski definition) is 6. The fraction of sp³-hybridized carbons (Fsp3) is 0.148. The minimum atomic E-state index is -4.01. The molecule has 0 radical (unpaired) electrons. The van der Waals surface area contributed by atoms with Crippen molar-refractivity contribution in [2.24, 2.45) is 0 Å². The fourth-order valence-corrected chi connectivity index (χ4v) is 6.29. The maximum Gasteiger partial charge on any atom is 0.268 e. The van der Waals surface area contributed by atoms with Crippen LogP contribution < -0.4 is 9.62 Å². The van der Waals surface area contributed by atoms with Crippen LogP contribution in [0, 0.1) is 5.82 Å². The zero-order chi connectivity index (χ0) is 26.0. The highest BCUT2D eigenvalue weighted by atomic mass is 32.2. The van der Waals surface area contributed by atoms with Crippen LogP contribution in [0.3, 0.4) is 0 Å². The Hall–Kier alpha value is -3.76. The average molecular weight is 535 g/mol. The van der Waals surface area contributed by atoms with E-state index in [0.717, 1.165) is 29.4 Å². The molecule has 1 aromatic heterocycles. The topological polar surface area (TPSA) is 92.3 Å². The zero-order valence-corrected chi connectivity index (χ0v) is 21.5. The lowest BCUT2D eigenvalue weighted by Gasteiger charge is -2.31. The molecule has 1 aliphatic rings. The first-order valence-electron chi connectivity index (χ1n) is 11.6. The Morgan fingerprint density at radius 1 is 1.03 bits per heavy atom. The van der Waals surface area contributed by atoms with E-state index >= 15 is 0 Å². The van der Waals surface area contributed by atoms with E-state index < -0.39 is 15.8 Å². The largest absolute Gasteiger partial charge is 0.325 e. The van der Waals surface area contributed by atoms with Gasteiger partial charge in [-0.2, -0.15) is 0 Å². The third-order valence-electron chi connectivity index (χ3n) is 5.90. The second kappa shape index (κ2) is 10.3. The number of para-hydroxylation sites is 1. The number of sulfonamides is 1. The van der Waals surface area contributed by atoms with Gasteiger partial charge in [-0.25, -0.2) is 22.8 Å². The van der Waals surface area contributed by atoms with Gasteiger partial charge in [0, 0.05) is 11.3 Å². The molecule has 1 aliphatic heterocycles. The lowest BCUT2D eigenvalue weighted by Crippen LogP contribution is -2.34. The van der Waals surface area contributed by atoms with Crippen molar-refractivity contribution >= 4 is 39.1 Å². The van der Waals surface area contributed by atoms with Crippen molar-refractivity contribution in [3.05, 3.63) is 95.9 Å². The van der Waals surface area contributed by atoms with E-state index in [1.807, 2.05) is 31.2 Å². The van der Waals surface area contributed by atoms with Crippen LogP contribution in [0.1, 0.15) is 18.1 Å². The summed E-state index contributed by atoms with van der Waals surface area (Å²) in [6.07, 6.45) is 2.14. The Bertz CT molecular complexity index is 1590. The van der Waals surface area contributed by atoms with E-state index in [4.69, 9.17) is 0 Å². The molecule has 5 rings (SSSR count). The molecule has 7 nitrogen and oxygen atoms in total. The maximum absolute atomic E-state index is 13.8. The molecule has 1 amide bonds. The number of hydrogen-bond donors (Lipinski definition) is 1. The predicted octanol–water partition coefficient (Wildman–Crippen LogP) is 5.28. The van der Waals surface area contributed by atoms with E-state index in [0.29, 0.717) is 22.0 Å². The molecule has 3 aromatic carbocycles. The van der Waals surface area contributed by atoms with Crippen molar-refractivity contribution < 1.29 is 17.6 Å². The maximum atomic E-state index is 13.8. The summed E-state index contributed by atoms with van der Waals surface area (Å²) in [5.74, 6) is -0.587. The summed E-state index contributed by atoms with van der Waals surface area (Å²) in [5, 5.41) is 3.16. The van der Waals surface area contributed by atoms with Crippen molar-refractivity contribution in [2.45, 2.75) is 29.9 Å². The molecule has 188 valence electrons. The number of fused-ring (bicyclic) bond motifs is 3. The Morgan fingerprint density at radius 2 is 1.81 bits per heavy atom. The van der Waals surface area contributed by atoms with Gasteiger partial charge >= 0.3 is 0 Å². The summed E-state index contributed by atoms with van der Waals surface area (Å²) in [5.41, 5.74) is 3.70. The van der Waals surface area contributed by atoms with Crippen LogP contribution in [-0.4, -0.2) is 30.0 Å². The van der Waals surface area contributed by atoms with Gasteiger partial charge in [-0.15, -0.1) is 0 Å². The summed E-state index contributed by atoms with van der Waals surface area (Å²) in [4.78, 5) is 21.2. The van der Waals surface area contributed by atoms with E-state index in [1.54, 1.807) is 36.4 Å². The van der Waals surface area contributed by atoms with Crippen LogP contribution in [0.15, 0.2) is 89.0 Å². The van der Waals surface area contributed by atoms with Gasteiger partial charge in [0.15, 0.2) is 5.16 Å². The Balaban J connectivity index is 1.39. The first-order valence-corrected chi connectivity index (χ1v) is 14.0. The number of rotatable bonds is 7. The molecule has 0 saturated carbocycles. The van der Waals surface area contributed by atoms with Crippen LogP contribution in [0.2, 0.25) is 0 Å². The Morgan fingerprint density at radius 3 is 2.62 bits per heavy atom. The van der Waals surface area contributed by atoms with E-state index in [1.165, 1.54) is 22.6 Å². The van der Waals surface area contributed by atoms with Crippen LogP contribution in [0.25, 0.3) is 11.3 Å². The molecule has 0 saturated heterocycles. The second-order valence-corrected chi connectivity index (χ2v) is 11.2. The molecular formula is C27H23FN4O3S2. The van der Waals surface area contributed by atoms with Gasteiger partial charge in [-0.05, 0) is 47.9 Å². The van der Waals surface area contributed by atoms with Crippen LogP contribution in [-0.2, 0) is 27.8 Å². The number of halogens is 1. The molecule has 4 aromatic rings. The summed E-state index contributed by atoms with van der Waals surface area (Å²) >= 11 is 1.13. The third-order valence-corrected chi connectivity index (χ3v) is 8.52. The smallest absolute Gasteiger partial charge is 0.268 e. The van der Waals surface area contributed by atoms with Crippen LogP contribution in [0.4, 0.5) is 15.8 Å². The molecule has 0 aliphatic carbocycles. The number of benzene rings is 3. The standard InChI is InChI=1S/C27H23FN4O3S2/c1-2-18-7-6-10-21(14-18)30-25(33)17-36-27-29-15-24-26(31-27)22-11-3-4-12-23(22)32(37(24,34)35)16-19-8-5-9-20(28)13-19/h3-15H,2,16-17H2,1H3,(H,30,33). The summed E-state index contributed by atoms with van der Waals surface area (Å²) in [6, 6.07) is 20.5. The minimum absolute atomic E-state index is 0.0345. The quantitative estimate of drug-likeness (QED) is 0.256. The molecule has 0 bridgehead atoms. The van der Waals surface area contributed by atoms with Crippen LogP contribution >= 0.6 is 11.8 Å². The average Bonchev–Trinajstić information content (AvgIpc) is 2.90. The summed E-state index contributed by atoms with van der Waals surface area (Å²) < 4.78 is 42.1. The van der Waals surface area contributed by atoms with Gasteiger partial charge in [0.25, 0.3) is 10.0 Å². The van der Waals surface area contributed by atoms with Crippen molar-refractivity contribution in [2.75, 3.05) is 15.4 Å². The van der Waals surface area contributed by atoms with Crippen molar-refractivity contribution in [1.29, 1.82) is 0 Å². The van der Waals surface area contributed by atoms with Gasteiger partial charge < -0.3 is 5.32 Å². The van der Waals surface area contributed by atoms with E-state index in [-0.39, 0.29) is 28.8 Å². The molecule has 0 spiro atoms. The normalized spacial score (nSPS) is 13.5. The number of amides is 1. The number of aromatic nitrogens is 2. The lowest BCUT2D eigenvalue weighted by molar-refractivity contribution is -0.113. The highest BCUT2D eigenvalue weighted by molar-refractivity contribution is 7.99. The molecule has 0 unspecified atom stereocenters. The van der Waals surface area contributed by atoms with Gasteiger partial charge in [0.2, 0.25) is 5.91 Å². The number of nitrogens with one attached hydrogen (secondary N) is 1. The number of aryl methyl sites for hydroxylation is 1. The lowest BCUT2D eigenvalue weighted by atomic mass is 10.1. The fourth-order valence-electron chi connectivity index (χ4n) is 4.11. The number of nitrogens with zero attached hydrogens (tertiary/aromatic N) is 3. The molecule has 0 atom stereocenters. The number of anilines is 2. The van der Waals surface area contributed by atoms with Crippen LogP contribution in [0.5, 0.6) is 0 Å². The highest BCUT2D eigenvalue weighted by Gasteiger charge is 2.36. The van der Waals surface area contributed by atoms with Gasteiger partial charge in [-0.3, -0.25) is 9.10 Å². The number of carbonyl (C=O) groups excluding carboxylic acids is 1. The number of thioether (sulfide) groups is 1. The molecule has 10 heteroatoms. The van der Waals surface area contributed by atoms with E-state index in [9.17, 15) is 17.6 Å². The van der Waals surface area contributed by atoms with Gasteiger partial charge in [0.1, 0.15) is 10.7 Å². The van der Waals surface area contributed by atoms with Gasteiger partial charge in [0.05, 0.1) is 29.9 Å². The molecular weight excluding hydrogens is 511 g/mol. The second-order valence-electron chi connectivity index (χ2n) is 8.41. The molecule has 2 heterocycles. The molecule has 0 fully saturated rings. The Labute approximate surface area is 218 Å².